The molecule has 110 valence electrons. The van der Waals surface area contributed by atoms with Crippen molar-refractivity contribution in [2.75, 3.05) is 16.9 Å². The second-order valence-electron chi connectivity index (χ2n) is 5.72. The number of hydrazine groups is 1. The molecular formula is C14H20Cl2N4. The van der Waals surface area contributed by atoms with Crippen LogP contribution >= 0.6 is 23.2 Å². The van der Waals surface area contributed by atoms with Crippen LogP contribution in [0.25, 0.3) is 0 Å². The summed E-state index contributed by atoms with van der Waals surface area (Å²) in [7, 11) is 0. The first-order valence-corrected chi connectivity index (χ1v) is 8.05. The van der Waals surface area contributed by atoms with E-state index in [-0.39, 0.29) is 0 Å². The molecule has 1 aromatic heterocycles. The number of hydrogen-bond acceptors (Lipinski definition) is 4. The van der Waals surface area contributed by atoms with Gasteiger partial charge in [0, 0.05) is 12.6 Å². The van der Waals surface area contributed by atoms with E-state index in [1.165, 1.54) is 38.5 Å². The van der Waals surface area contributed by atoms with Crippen LogP contribution in [0.4, 0.5) is 11.6 Å². The van der Waals surface area contributed by atoms with Crippen molar-refractivity contribution in [1.82, 2.24) is 4.98 Å². The molecule has 1 aromatic rings. The smallest absolute Gasteiger partial charge is 0.161 e. The molecule has 0 bridgehead atoms. The predicted molar refractivity (Wildman–Crippen MR) is 84.4 cm³/mol. The largest absolute Gasteiger partial charge is 0.352 e. The molecule has 4 nitrogen and oxygen atoms in total. The van der Waals surface area contributed by atoms with Crippen LogP contribution in [-0.4, -0.2) is 17.6 Å². The monoisotopic (exact) mass is 314 g/mol. The summed E-state index contributed by atoms with van der Waals surface area (Å²) in [6, 6.07) is 2.29. The molecule has 1 saturated carbocycles. The van der Waals surface area contributed by atoms with Gasteiger partial charge in [-0.15, -0.1) is 0 Å². The number of halogens is 2. The highest BCUT2D eigenvalue weighted by molar-refractivity contribution is 6.37. The minimum atomic E-state index is 0.456. The Morgan fingerprint density at radius 2 is 1.90 bits per heavy atom. The highest BCUT2D eigenvalue weighted by Gasteiger charge is 2.35. The van der Waals surface area contributed by atoms with E-state index < -0.39 is 0 Å². The first kappa shape index (κ1) is 14.2. The molecule has 0 spiro atoms. The first-order valence-electron chi connectivity index (χ1n) is 7.30. The zero-order valence-electron chi connectivity index (χ0n) is 11.4. The van der Waals surface area contributed by atoms with E-state index in [1.807, 2.05) is 0 Å². The van der Waals surface area contributed by atoms with Crippen molar-refractivity contribution in [3.63, 3.8) is 0 Å². The van der Waals surface area contributed by atoms with Gasteiger partial charge in [0.1, 0.15) is 5.82 Å². The molecule has 2 aliphatic rings. The summed E-state index contributed by atoms with van der Waals surface area (Å²) in [5, 5.41) is 1.07. The summed E-state index contributed by atoms with van der Waals surface area (Å²) < 4.78 is 0. The maximum atomic E-state index is 6.35. The Balaban J connectivity index is 1.90. The normalized spacial score (nSPS) is 23.6. The number of aromatic nitrogens is 1. The van der Waals surface area contributed by atoms with E-state index in [0.717, 1.165) is 18.3 Å². The first-order chi connectivity index (χ1) is 9.70. The number of pyridine rings is 1. The van der Waals surface area contributed by atoms with Crippen LogP contribution in [-0.2, 0) is 0 Å². The quantitative estimate of drug-likeness (QED) is 0.657. The molecular weight excluding hydrogens is 295 g/mol. The van der Waals surface area contributed by atoms with Crippen molar-refractivity contribution >= 4 is 34.8 Å². The zero-order valence-corrected chi connectivity index (χ0v) is 12.9. The van der Waals surface area contributed by atoms with E-state index in [9.17, 15) is 0 Å². The van der Waals surface area contributed by atoms with Crippen LogP contribution in [0.3, 0.4) is 0 Å². The third-order valence-corrected chi connectivity index (χ3v) is 5.13. The fourth-order valence-electron chi connectivity index (χ4n) is 3.65. The van der Waals surface area contributed by atoms with E-state index in [2.05, 4.69) is 15.3 Å². The van der Waals surface area contributed by atoms with Crippen LogP contribution in [0.15, 0.2) is 6.07 Å². The maximum Gasteiger partial charge on any atom is 0.161 e. The van der Waals surface area contributed by atoms with Crippen LogP contribution in [0.5, 0.6) is 0 Å². The Kier molecular flexibility index (Phi) is 4.24. The molecule has 1 saturated heterocycles. The van der Waals surface area contributed by atoms with Crippen molar-refractivity contribution in [3.05, 3.63) is 16.1 Å². The van der Waals surface area contributed by atoms with Gasteiger partial charge in [0.05, 0.1) is 10.0 Å². The Hall–Kier alpha value is -0.710. The predicted octanol–water partition coefficient (Wildman–Crippen LogP) is 3.83. The lowest BCUT2D eigenvalue weighted by Crippen LogP contribution is -2.35. The molecule has 3 N–H and O–H groups in total. The number of nitrogens with one attached hydrogen (secondary N) is 1. The summed E-state index contributed by atoms with van der Waals surface area (Å²) in [5.41, 5.74) is 2.54. The fraction of sp³-hybridized carbons (Fsp3) is 0.643. The molecule has 20 heavy (non-hydrogen) atoms. The third kappa shape index (κ3) is 2.57. The summed E-state index contributed by atoms with van der Waals surface area (Å²) in [4.78, 5) is 6.88. The Bertz CT molecular complexity index is 488. The van der Waals surface area contributed by atoms with Gasteiger partial charge >= 0.3 is 0 Å². The van der Waals surface area contributed by atoms with Crippen molar-refractivity contribution in [2.24, 2.45) is 11.8 Å². The number of hydrogen-bond donors (Lipinski definition) is 2. The molecule has 2 heterocycles. The zero-order chi connectivity index (χ0) is 14.1. The molecule has 6 heteroatoms. The molecule has 0 aromatic carbocycles. The molecule has 3 rings (SSSR count). The van der Waals surface area contributed by atoms with E-state index in [4.69, 9.17) is 29.0 Å². The summed E-state index contributed by atoms with van der Waals surface area (Å²) in [6.07, 6.45) is 7.80. The van der Waals surface area contributed by atoms with Gasteiger partial charge < -0.3 is 10.3 Å². The van der Waals surface area contributed by atoms with Crippen LogP contribution in [0, 0.1) is 5.92 Å². The Labute approximate surface area is 129 Å². The van der Waals surface area contributed by atoms with Gasteiger partial charge in [-0.2, -0.15) is 0 Å². The van der Waals surface area contributed by atoms with Crippen molar-refractivity contribution in [1.29, 1.82) is 0 Å². The lowest BCUT2D eigenvalue weighted by Gasteiger charge is -2.31. The second kappa shape index (κ2) is 5.96. The highest BCUT2D eigenvalue weighted by Crippen LogP contribution is 2.40. The third-order valence-electron chi connectivity index (χ3n) is 4.56. The topological polar surface area (TPSA) is 54.2 Å². The van der Waals surface area contributed by atoms with Gasteiger partial charge in [-0.3, -0.25) is 0 Å². The molecule has 2 fully saturated rings. The van der Waals surface area contributed by atoms with E-state index in [0.29, 0.717) is 21.9 Å². The number of rotatable bonds is 3. The van der Waals surface area contributed by atoms with Crippen LogP contribution < -0.4 is 16.2 Å². The lowest BCUT2D eigenvalue weighted by molar-refractivity contribution is 0.429. The molecule has 1 unspecified atom stereocenters. The minimum absolute atomic E-state index is 0.456. The SMILES string of the molecule is NNc1nc(N2CCCC2C2CCCC2)c(Cl)cc1Cl. The summed E-state index contributed by atoms with van der Waals surface area (Å²) in [6.45, 7) is 1.01. The molecule has 0 amide bonds. The van der Waals surface area contributed by atoms with Crippen molar-refractivity contribution in [3.8, 4) is 0 Å². The second-order valence-corrected chi connectivity index (χ2v) is 6.53. The van der Waals surface area contributed by atoms with Gasteiger partial charge in [-0.05, 0) is 37.7 Å². The van der Waals surface area contributed by atoms with Gasteiger partial charge in [0.2, 0.25) is 0 Å². The number of nitrogen functional groups attached to an aromatic ring is 1. The van der Waals surface area contributed by atoms with Gasteiger partial charge in [-0.1, -0.05) is 36.0 Å². The molecule has 1 atom stereocenters. The van der Waals surface area contributed by atoms with Crippen molar-refractivity contribution in [2.45, 2.75) is 44.6 Å². The average Bonchev–Trinajstić information content (AvgIpc) is 3.09. The summed E-state index contributed by atoms with van der Waals surface area (Å²) >= 11 is 12.4. The lowest BCUT2D eigenvalue weighted by atomic mass is 9.96. The minimum Gasteiger partial charge on any atom is -0.352 e. The molecule has 0 radical (unpaired) electrons. The fourth-order valence-corrected chi connectivity index (χ4v) is 4.17. The van der Waals surface area contributed by atoms with E-state index in [1.54, 1.807) is 6.07 Å². The molecule has 1 aliphatic heterocycles. The number of nitrogens with zero attached hydrogens (tertiary/aromatic N) is 2. The molecule has 1 aliphatic carbocycles. The Morgan fingerprint density at radius 3 is 2.60 bits per heavy atom. The van der Waals surface area contributed by atoms with Gasteiger partial charge in [-0.25, -0.2) is 10.8 Å². The van der Waals surface area contributed by atoms with Gasteiger partial charge in [0.25, 0.3) is 0 Å². The highest BCUT2D eigenvalue weighted by atomic mass is 35.5. The van der Waals surface area contributed by atoms with E-state index >= 15 is 0 Å². The van der Waals surface area contributed by atoms with Crippen LogP contribution in [0.1, 0.15) is 38.5 Å². The maximum absolute atomic E-state index is 6.35. The van der Waals surface area contributed by atoms with Crippen LogP contribution in [0.2, 0.25) is 10.0 Å². The summed E-state index contributed by atoms with van der Waals surface area (Å²) in [5.74, 6) is 7.55. The van der Waals surface area contributed by atoms with Crippen molar-refractivity contribution < 1.29 is 0 Å². The number of anilines is 2. The standard InChI is InChI=1S/C14H20Cl2N4/c15-10-8-11(16)14(18-13(10)19-17)20-7-3-6-12(20)9-4-1-2-5-9/h8-9,12H,1-7,17H2,(H,18,19). The number of nitrogens with two attached hydrogens (primary N) is 1. The average molecular weight is 315 g/mol. The van der Waals surface area contributed by atoms with Gasteiger partial charge in [0.15, 0.2) is 5.82 Å². The Morgan fingerprint density at radius 1 is 1.15 bits per heavy atom.